The Labute approximate surface area is 116 Å². The minimum absolute atomic E-state index is 0.146. The van der Waals surface area contributed by atoms with Crippen LogP contribution in [0.2, 0.25) is 0 Å². The lowest BCUT2D eigenvalue weighted by Gasteiger charge is -2.19. The summed E-state index contributed by atoms with van der Waals surface area (Å²) in [6, 6.07) is 10.4. The number of hydrogen-bond acceptors (Lipinski definition) is 3. The number of hydrogen-bond donors (Lipinski definition) is 1. The normalized spacial score (nSPS) is 13.1. The third kappa shape index (κ3) is 6.97. The fourth-order valence-corrected chi connectivity index (χ4v) is 1.80. The lowest BCUT2D eigenvalue weighted by atomic mass is 10.0. The highest BCUT2D eigenvalue weighted by Gasteiger charge is 2.15. The summed E-state index contributed by atoms with van der Waals surface area (Å²) in [5, 5.41) is 3.30. The van der Waals surface area contributed by atoms with Gasteiger partial charge in [-0.3, -0.25) is 4.79 Å². The van der Waals surface area contributed by atoms with Crippen LogP contribution in [0.5, 0.6) is 0 Å². The van der Waals surface area contributed by atoms with Crippen molar-refractivity contribution < 1.29 is 9.53 Å². The highest BCUT2D eigenvalue weighted by atomic mass is 16.6. The van der Waals surface area contributed by atoms with Crippen molar-refractivity contribution in [2.24, 2.45) is 0 Å². The molecule has 0 heterocycles. The number of carbonyl (C=O) groups excluding carboxylic acids is 1. The van der Waals surface area contributed by atoms with Crippen molar-refractivity contribution in [2.45, 2.75) is 45.6 Å². The number of ether oxygens (including phenoxy) is 1. The predicted molar refractivity (Wildman–Crippen MR) is 78.2 cm³/mol. The van der Waals surface area contributed by atoms with E-state index in [1.807, 2.05) is 39.0 Å². The van der Waals surface area contributed by atoms with Crippen molar-refractivity contribution in [3.63, 3.8) is 0 Å². The molecule has 0 fully saturated rings. The van der Waals surface area contributed by atoms with Gasteiger partial charge < -0.3 is 10.1 Å². The second kappa shape index (κ2) is 7.29. The Balaban J connectivity index is 2.19. The molecule has 1 aromatic rings. The first-order valence-electron chi connectivity index (χ1n) is 6.86. The van der Waals surface area contributed by atoms with Crippen LogP contribution in [0.15, 0.2) is 30.3 Å². The molecule has 0 bridgehead atoms. The maximum atomic E-state index is 11.5. The van der Waals surface area contributed by atoms with Crippen LogP contribution < -0.4 is 5.32 Å². The van der Waals surface area contributed by atoms with Crippen molar-refractivity contribution >= 4 is 5.97 Å². The number of nitrogens with one attached hydrogen (secondary N) is 1. The Hall–Kier alpha value is -1.35. The first-order chi connectivity index (χ1) is 8.88. The molecule has 0 spiro atoms. The van der Waals surface area contributed by atoms with E-state index < -0.39 is 5.60 Å². The molecular formula is C16H25NO2. The molecule has 0 aliphatic heterocycles. The van der Waals surface area contributed by atoms with Crippen LogP contribution in [-0.4, -0.2) is 24.7 Å². The van der Waals surface area contributed by atoms with Gasteiger partial charge in [-0.25, -0.2) is 0 Å². The molecule has 3 nitrogen and oxygen atoms in total. The summed E-state index contributed by atoms with van der Waals surface area (Å²) >= 11 is 0. The van der Waals surface area contributed by atoms with Crippen molar-refractivity contribution in [3.05, 3.63) is 35.9 Å². The van der Waals surface area contributed by atoms with Crippen LogP contribution >= 0.6 is 0 Å². The highest BCUT2D eigenvalue weighted by molar-refractivity contribution is 5.70. The highest BCUT2D eigenvalue weighted by Crippen LogP contribution is 2.13. The second-order valence-electron chi connectivity index (χ2n) is 5.85. The largest absolute Gasteiger partial charge is 0.460 e. The van der Waals surface area contributed by atoms with Crippen molar-refractivity contribution in [1.29, 1.82) is 0 Å². The van der Waals surface area contributed by atoms with E-state index in [-0.39, 0.29) is 5.97 Å². The van der Waals surface area contributed by atoms with Crippen LogP contribution in [0.25, 0.3) is 0 Å². The van der Waals surface area contributed by atoms with E-state index in [9.17, 15) is 4.79 Å². The van der Waals surface area contributed by atoms with Crippen molar-refractivity contribution in [3.8, 4) is 0 Å². The van der Waals surface area contributed by atoms with Crippen molar-refractivity contribution in [1.82, 2.24) is 5.32 Å². The SMILES string of the molecule is CC(CNCCC(=O)OC(C)(C)C)c1ccccc1. The van der Waals surface area contributed by atoms with E-state index in [1.54, 1.807) is 0 Å². The van der Waals surface area contributed by atoms with Gasteiger partial charge in [0.2, 0.25) is 0 Å². The monoisotopic (exact) mass is 263 g/mol. The first-order valence-corrected chi connectivity index (χ1v) is 6.86. The van der Waals surface area contributed by atoms with Crippen LogP contribution in [0, 0.1) is 0 Å². The Morgan fingerprint density at radius 1 is 1.26 bits per heavy atom. The number of rotatable bonds is 6. The van der Waals surface area contributed by atoms with Gasteiger partial charge in [-0.1, -0.05) is 37.3 Å². The van der Waals surface area contributed by atoms with Crippen LogP contribution in [0.1, 0.15) is 45.6 Å². The van der Waals surface area contributed by atoms with Gasteiger partial charge in [0.15, 0.2) is 0 Å². The third-order valence-corrected chi connectivity index (χ3v) is 2.75. The molecular weight excluding hydrogens is 238 g/mol. The predicted octanol–water partition coefficient (Wildman–Crippen LogP) is 3.11. The summed E-state index contributed by atoms with van der Waals surface area (Å²) in [7, 11) is 0. The third-order valence-electron chi connectivity index (χ3n) is 2.75. The van der Waals surface area contributed by atoms with Gasteiger partial charge in [-0.05, 0) is 32.3 Å². The molecule has 19 heavy (non-hydrogen) atoms. The van der Waals surface area contributed by atoms with Crippen LogP contribution in [0.4, 0.5) is 0 Å². The van der Waals surface area contributed by atoms with E-state index in [0.717, 1.165) is 6.54 Å². The molecule has 1 rings (SSSR count). The Kier molecular flexibility index (Phi) is 6.03. The molecule has 1 unspecified atom stereocenters. The number of esters is 1. The molecule has 1 aromatic carbocycles. The van der Waals surface area contributed by atoms with Gasteiger partial charge in [-0.2, -0.15) is 0 Å². The zero-order valence-corrected chi connectivity index (χ0v) is 12.4. The lowest BCUT2D eigenvalue weighted by molar-refractivity contribution is -0.154. The summed E-state index contributed by atoms with van der Waals surface area (Å²) in [6.45, 7) is 9.36. The standard InChI is InChI=1S/C16H25NO2/c1-13(14-8-6-5-7-9-14)12-17-11-10-15(18)19-16(2,3)4/h5-9,13,17H,10-12H2,1-4H3. The van der Waals surface area contributed by atoms with E-state index in [4.69, 9.17) is 4.74 Å². The summed E-state index contributed by atoms with van der Waals surface area (Å²) < 4.78 is 5.25. The maximum Gasteiger partial charge on any atom is 0.307 e. The van der Waals surface area contributed by atoms with E-state index >= 15 is 0 Å². The first kappa shape index (κ1) is 15.7. The van der Waals surface area contributed by atoms with Crippen molar-refractivity contribution in [2.75, 3.05) is 13.1 Å². The lowest BCUT2D eigenvalue weighted by Crippen LogP contribution is -2.28. The van der Waals surface area contributed by atoms with Gasteiger partial charge in [0.05, 0.1) is 6.42 Å². The quantitative estimate of drug-likeness (QED) is 0.633. The zero-order chi connectivity index (χ0) is 14.3. The summed E-state index contributed by atoms with van der Waals surface area (Å²) in [5.41, 5.74) is 0.918. The minimum Gasteiger partial charge on any atom is -0.460 e. The Bertz CT molecular complexity index is 381. The van der Waals surface area contributed by atoms with E-state index in [1.165, 1.54) is 5.56 Å². The van der Waals surface area contributed by atoms with Gasteiger partial charge in [0.1, 0.15) is 5.60 Å². The van der Waals surface area contributed by atoms with Gasteiger partial charge >= 0.3 is 5.97 Å². The maximum absolute atomic E-state index is 11.5. The minimum atomic E-state index is -0.394. The average molecular weight is 263 g/mol. The molecule has 0 radical (unpaired) electrons. The average Bonchev–Trinajstić information content (AvgIpc) is 2.33. The second-order valence-corrected chi connectivity index (χ2v) is 5.85. The van der Waals surface area contributed by atoms with Gasteiger partial charge in [0.25, 0.3) is 0 Å². The van der Waals surface area contributed by atoms with Crippen LogP contribution in [-0.2, 0) is 9.53 Å². The Morgan fingerprint density at radius 2 is 1.89 bits per heavy atom. The number of carbonyl (C=O) groups is 1. The zero-order valence-electron chi connectivity index (χ0n) is 12.4. The Morgan fingerprint density at radius 3 is 2.47 bits per heavy atom. The summed E-state index contributed by atoms with van der Waals surface area (Å²) in [5.74, 6) is 0.298. The smallest absolute Gasteiger partial charge is 0.307 e. The fourth-order valence-electron chi connectivity index (χ4n) is 1.80. The molecule has 0 saturated carbocycles. The molecule has 0 aromatic heterocycles. The molecule has 0 amide bonds. The molecule has 106 valence electrons. The van der Waals surface area contributed by atoms with Gasteiger partial charge in [0, 0.05) is 13.1 Å². The molecule has 1 atom stereocenters. The fraction of sp³-hybridized carbons (Fsp3) is 0.562. The molecule has 1 N–H and O–H groups in total. The topological polar surface area (TPSA) is 38.3 Å². The summed E-state index contributed by atoms with van der Waals surface area (Å²) in [6.07, 6.45) is 0.415. The molecule has 3 heteroatoms. The molecule has 0 aliphatic rings. The molecule has 0 saturated heterocycles. The summed E-state index contributed by atoms with van der Waals surface area (Å²) in [4.78, 5) is 11.5. The number of benzene rings is 1. The van der Waals surface area contributed by atoms with E-state index in [0.29, 0.717) is 18.9 Å². The molecule has 0 aliphatic carbocycles. The van der Waals surface area contributed by atoms with Gasteiger partial charge in [-0.15, -0.1) is 0 Å². The van der Waals surface area contributed by atoms with Crippen LogP contribution in [0.3, 0.4) is 0 Å². The van der Waals surface area contributed by atoms with E-state index in [2.05, 4.69) is 24.4 Å².